The lowest BCUT2D eigenvalue weighted by Gasteiger charge is -2.08. The van der Waals surface area contributed by atoms with Crippen molar-refractivity contribution in [2.75, 3.05) is 0 Å². The predicted molar refractivity (Wildman–Crippen MR) is 53.4 cm³/mol. The highest BCUT2D eigenvalue weighted by Gasteiger charge is 2.33. The van der Waals surface area contributed by atoms with Gasteiger partial charge < -0.3 is 5.11 Å². The molecule has 0 atom stereocenters. The lowest BCUT2D eigenvalue weighted by atomic mass is 10.2. The molecule has 0 unspecified atom stereocenters. The third kappa shape index (κ3) is 1.78. The summed E-state index contributed by atoms with van der Waals surface area (Å²) in [7, 11) is 0. The summed E-state index contributed by atoms with van der Waals surface area (Å²) in [6.07, 6.45) is -4.58. The van der Waals surface area contributed by atoms with E-state index in [2.05, 4.69) is 4.98 Å². The lowest BCUT2D eigenvalue weighted by Crippen LogP contribution is -2.07. The van der Waals surface area contributed by atoms with E-state index in [0.717, 1.165) is 6.07 Å². The predicted octanol–water partition coefficient (Wildman–Crippen LogP) is 3.61. The molecule has 2 nitrogen and oxygen atoms in total. The number of pyridine rings is 1. The quantitative estimate of drug-likeness (QED) is 0.771. The van der Waals surface area contributed by atoms with E-state index in [1.54, 1.807) is 0 Å². The zero-order valence-corrected chi connectivity index (χ0v) is 8.47. The van der Waals surface area contributed by atoms with Crippen LogP contribution < -0.4 is 0 Å². The number of halogens is 4. The summed E-state index contributed by atoms with van der Waals surface area (Å²) in [6, 6.07) is 4.97. The molecule has 0 spiro atoms. The molecular formula is C10H5ClF3NO. The van der Waals surface area contributed by atoms with E-state index < -0.39 is 11.9 Å². The second kappa shape index (κ2) is 3.52. The Morgan fingerprint density at radius 1 is 1.25 bits per heavy atom. The fourth-order valence-electron chi connectivity index (χ4n) is 1.34. The molecule has 0 aliphatic heterocycles. The maximum Gasteiger partial charge on any atom is 0.433 e. The average Bonchev–Trinajstić information content (AvgIpc) is 2.18. The Balaban J connectivity index is 2.81. The van der Waals surface area contributed by atoms with Crippen LogP contribution in [-0.4, -0.2) is 10.1 Å². The molecule has 0 fully saturated rings. The number of nitrogens with zero attached hydrogens (tertiary/aromatic N) is 1. The number of phenols is 1. The topological polar surface area (TPSA) is 33.1 Å². The van der Waals surface area contributed by atoms with E-state index in [9.17, 15) is 18.3 Å². The number of phenolic OH excluding ortho intramolecular Hbond substituents is 1. The molecule has 0 aliphatic carbocycles. The minimum Gasteiger partial charge on any atom is -0.506 e. The number of hydrogen-bond acceptors (Lipinski definition) is 2. The van der Waals surface area contributed by atoms with Crippen molar-refractivity contribution in [1.82, 2.24) is 4.98 Å². The number of rotatable bonds is 0. The molecule has 6 heteroatoms. The average molecular weight is 248 g/mol. The molecule has 2 aromatic rings. The van der Waals surface area contributed by atoms with Gasteiger partial charge in [0.1, 0.15) is 17.0 Å². The normalized spacial score (nSPS) is 12.0. The summed E-state index contributed by atoms with van der Waals surface area (Å²) in [6.45, 7) is 0. The summed E-state index contributed by atoms with van der Waals surface area (Å²) in [5.41, 5.74) is -1.27. The number of fused-ring (bicyclic) bond motifs is 1. The summed E-state index contributed by atoms with van der Waals surface area (Å²) < 4.78 is 37.3. The summed E-state index contributed by atoms with van der Waals surface area (Å²) >= 11 is 5.69. The Bertz CT molecular complexity index is 553. The van der Waals surface area contributed by atoms with Gasteiger partial charge in [-0.1, -0.05) is 23.7 Å². The van der Waals surface area contributed by atoms with Gasteiger partial charge >= 0.3 is 6.18 Å². The molecule has 84 valence electrons. The van der Waals surface area contributed by atoms with Crippen LogP contribution in [0.25, 0.3) is 10.9 Å². The molecule has 0 radical (unpaired) electrons. The fraction of sp³-hybridized carbons (Fsp3) is 0.100. The Morgan fingerprint density at radius 2 is 1.94 bits per heavy atom. The smallest absolute Gasteiger partial charge is 0.433 e. The van der Waals surface area contributed by atoms with Gasteiger partial charge in [0.05, 0.1) is 5.02 Å². The van der Waals surface area contributed by atoms with E-state index in [1.807, 2.05) is 0 Å². The van der Waals surface area contributed by atoms with Crippen molar-refractivity contribution in [3.63, 3.8) is 0 Å². The minimum atomic E-state index is -4.58. The Labute approximate surface area is 93.3 Å². The zero-order valence-electron chi connectivity index (χ0n) is 7.72. The van der Waals surface area contributed by atoms with Crippen molar-refractivity contribution in [1.29, 1.82) is 0 Å². The van der Waals surface area contributed by atoms with E-state index in [1.165, 1.54) is 18.2 Å². The first kappa shape index (κ1) is 11.0. The molecule has 1 N–H and O–H groups in total. The van der Waals surface area contributed by atoms with Crippen LogP contribution in [0.5, 0.6) is 5.75 Å². The molecule has 0 bridgehead atoms. The number of alkyl halides is 3. The van der Waals surface area contributed by atoms with Crippen LogP contribution >= 0.6 is 11.6 Å². The molecule has 16 heavy (non-hydrogen) atoms. The van der Waals surface area contributed by atoms with Gasteiger partial charge in [-0.3, -0.25) is 0 Å². The summed E-state index contributed by atoms with van der Waals surface area (Å²) in [5, 5.41) is 9.59. The van der Waals surface area contributed by atoms with Gasteiger partial charge in [0, 0.05) is 5.39 Å². The lowest BCUT2D eigenvalue weighted by molar-refractivity contribution is -0.140. The highest BCUT2D eigenvalue weighted by Crippen LogP contribution is 2.35. The first-order valence-electron chi connectivity index (χ1n) is 4.25. The van der Waals surface area contributed by atoms with Gasteiger partial charge in [-0.2, -0.15) is 13.2 Å². The first-order valence-corrected chi connectivity index (χ1v) is 4.63. The van der Waals surface area contributed by atoms with E-state index in [0.29, 0.717) is 0 Å². The number of aromatic nitrogens is 1. The highest BCUT2D eigenvalue weighted by atomic mass is 35.5. The van der Waals surface area contributed by atoms with Crippen molar-refractivity contribution in [3.05, 3.63) is 35.0 Å². The number of benzene rings is 1. The third-order valence-corrected chi connectivity index (χ3v) is 2.37. The fourth-order valence-corrected chi connectivity index (χ4v) is 1.59. The molecule has 0 aliphatic rings. The molecule has 0 saturated heterocycles. The summed E-state index contributed by atoms with van der Waals surface area (Å²) in [5.74, 6) is -0.328. The van der Waals surface area contributed by atoms with Crippen molar-refractivity contribution in [2.24, 2.45) is 0 Å². The second-order valence-electron chi connectivity index (χ2n) is 3.16. The second-order valence-corrected chi connectivity index (χ2v) is 3.57. The third-order valence-electron chi connectivity index (χ3n) is 2.06. The van der Waals surface area contributed by atoms with Crippen LogP contribution in [0.4, 0.5) is 13.2 Å². The molecule has 1 aromatic carbocycles. The van der Waals surface area contributed by atoms with Gasteiger partial charge in [-0.25, -0.2) is 4.98 Å². The largest absolute Gasteiger partial charge is 0.506 e. The Morgan fingerprint density at radius 3 is 2.56 bits per heavy atom. The number of aromatic hydroxyl groups is 1. The van der Waals surface area contributed by atoms with E-state index in [4.69, 9.17) is 11.6 Å². The van der Waals surface area contributed by atoms with Crippen LogP contribution in [0, 0.1) is 0 Å². The van der Waals surface area contributed by atoms with Crippen LogP contribution in [0.1, 0.15) is 5.69 Å². The molecule has 0 amide bonds. The molecular weight excluding hydrogens is 243 g/mol. The monoisotopic (exact) mass is 247 g/mol. The van der Waals surface area contributed by atoms with Crippen LogP contribution in [0.3, 0.4) is 0 Å². The Hall–Kier alpha value is -1.49. The van der Waals surface area contributed by atoms with Crippen molar-refractivity contribution in [2.45, 2.75) is 6.18 Å². The minimum absolute atomic E-state index is 0.0896. The van der Waals surface area contributed by atoms with Crippen molar-refractivity contribution in [3.8, 4) is 5.75 Å². The Kier molecular flexibility index (Phi) is 2.42. The van der Waals surface area contributed by atoms with Gasteiger partial charge in [-0.05, 0) is 12.1 Å². The van der Waals surface area contributed by atoms with Crippen LogP contribution in [0.15, 0.2) is 24.3 Å². The van der Waals surface area contributed by atoms with Gasteiger partial charge in [0.15, 0.2) is 0 Å². The van der Waals surface area contributed by atoms with Crippen molar-refractivity contribution < 1.29 is 18.3 Å². The first-order chi connectivity index (χ1) is 7.39. The van der Waals surface area contributed by atoms with Gasteiger partial charge in [0.2, 0.25) is 0 Å². The van der Waals surface area contributed by atoms with Gasteiger partial charge in [0.25, 0.3) is 0 Å². The maximum absolute atomic E-state index is 12.4. The maximum atomic E-state index is 12.4. The van der Waals surface area contributed by atoms with Crippen LogP contribution in [-0.2, 0) is 6.18 Å². The molecule has 1 heterocycles. The molecule has 2 rings (SSSR count). The van der Waals surface area contributed by atoms with Crippen molar-refractivity contribution >= 4 is 22.5 Å². The number of para-hydroxylation sites is 1. The number of hydrogen-bond donors (Lipinski definition) is 1. The molecule has 0 saturated carbocycles. The van der Waals surface area contributed by atoms with E-state index >= 15 is 0 Å². The molecule has 1 aromatic heterocycles. The SMILES string of the molecule is Oc1cccc2c(Cl)cc(C(F)(F)F)nc12. The van der Waals surface area contributed by atoms with E-state index in [-0.39, 0.29) is 21.7 Å². The standard InChI is InChI=1S/C10H5ClF3NO/c11-6-4-8(10(12,13)14)15-9-5(6)2-1-3-7(9)16/h1-4,16H. The zero-order chi connectivity index (χ0) is 11.9. The highest BCUT2D eigenvalue weighted by molar-refractivity contribution is 6.35. The summed E-state index contributed by atoms with van der Waals surface area (Å²) in [4.78, 5) is 3.35. The van der Waals surface area contributed by atoms with Gasteiger partial charge in [-0.15, -0.1) is 0 Å². The van der Waals surface area contributed by atoms with Crippen LogP contribution in [0.2, 0.25) is 5.02 Å².